The van der Waals surface area contributed by atoms with Crippen LogP contribution >= 0.6 is 0 Å². The summed E-state index contributed by atoms with van der Waals surface area (Å²) in [4.78, 5) is 14.9. The number of nitrogens with zero attached hydrogens (tertiary/aromatic N) is 3. The van der Waals surface area contributed by atoms with Gasteiger partial charge in [-0.1, -0.05) is 103 Å². The first-order valence-electron chi connectivity index (χ1n) is 16.6. The summed E-state index contributed by atoms with van der Waals surface area (Å²) in [5, 5.41) is 4.17. The second-order valence-corrected chi connectivity index (χ2v) is 12.4. The molecule has 0 radical (unpaired) electrons. The van der Waals surface area contributed by atoms with Crippen molar-refractivity contribution in [1.82, 2.24) is 15.0 Å². The Morgan fingerprint density at radius 3 is 1.74 bits per heavy atom. The highest BCUT2D eigenvalue weighted by atomic mass is 16.3. The highest BCUT2D eigenvalue weighted by Crippen LogP contribution is 2.43. The van der Waals surface area contributed by atoms with Gasteiger partial charge in [-0.25, -0.2) is 9.97 Å². The molecule has 0 aliphatic rings. The number of benzene rings is 6. The molecule has 0 amide bonds. The fourth-order valence-electron chi connectivity index (χ4n) is 6.95. The quantitative estimate of drug-likeness (QED) is 0.187. The molecule has 0 unspecified atom stereocenters. The van der Waals surface area contributed by atoms with Gasteiger partial charge in [-0.2, -0.15) is 0 Å². The van der Waals surface area contributed by atoms with Crippen molar-refractivity contribution in [2.45, 2.75) is 0 Å². The third-order valence-corrected chi connectivity index (χ3v) is 9.39. The average Bonchev–Trinajstić information content (AvgIpc) is 3.77. The maximum Gasteiger partial charge on any atom is 0.161 e. The molecule has 6 aromatic carbocycles. The van der Waals surface area contributed by atoms with Crippen molar-refractivity contribution in [2.24, 2.45) is 0 Å². The van der Waals surface area contributed by atoms with Crippen LogP contribution in [0, 0.1) is 0 Å². The van der Waals surface area contributed by atoms with Crippen LogP contribution in [0.25, 0.3) is 100 Å². The van der Waals surface area contributed by atoms with Gasteiger partial charge in [0, 0.05) is 55.6 Å². The van der Waals surface area contributed by atoms with Gasteiger partial charge >= 0.3 is 0 Å². The number of hydrogen-bond donors (Lipinski definition) is 0. The normalized spacial score (nSPS) is 11.6. The summed E-state index contributed by atoms with van der Waals surface area (Å²) in [7, 11) is 0. The number of aromatic nitrogens is 3. The molecule has 5 heteroatoms. The Morgan fingerprint density at radius 2 is 0.980 bits per heavy atom. The minimum atomic E-state index is 0.634. The monoisotopic (exact) mass is 641 g/mol. The lowest BCUT2D eigenvalue weighted by Gasteiger charge is -2.12. The minimum absolute atomic E-state index is 0.634. The molecule has 4 heterocycles. The maximum atomic E-state index is 6.68. The van der Waals surface area contributed by atoms with E-state index in [0.29, 0.717) is 5.82 Å². The van der Waals surface area contributed by atoms with Crippen LogP contribution in [-0.4, -0.2) is 15.0 Å². The zero-order valence-electron chi connectivity index (χ0n) is 26.7. The Balaban J connectivity index is 1.18. The second kappa shape index (κ2) is 11.4. The van der Waals surface area contributed by atoms with E-state index in [-0.39, 0.29) is 0 Å². The van der Waals surface area contributed by atoms with Crippen LogP contribution in [0.1, 0.15) is 0 Å². The highest BCUT2D eigenvalue weighted by Gasteiger charge is 2.21. The second-order valence-electron chi connectivity index (χ2n) is 12.4. The Morgan fingerprint density at radius 1 is 0.380 bits per heavy atom. The van der Waals surface area contributed by atoms with Gasteiger partial charge in [0.25, 0.3) is 0 Å². The van der Waals surface area contributed by atoms with Crippen molar-refractivity contribution in [3.63, 3.8) is 0 Å². The summed E-state index contributed by atoms with van der Waals surface area (Å²) in [6, 6.07) is 53.6. The summed E-state index contributed by atoms with van der Waals surface area (Å²) in [6.45, 7) is 0. The van der Waals surface area contributed by atoms with E-state index in [1.54, 1.807) is 0 Å². The first-order chi connectivity index (χ1) is 24.8. The van der Waals surface area contributed by atoms with Gasteiger partial charge in [-0.05, 0) is 60.2 Å². The third-order valence-electron chi connectivity index (χ3n) is 9.39. The molecule has 5 nitrogen and oxygen atoms in total. The van der Waals surface area contributed by atoms with Crippen molar-refractivity contribution in [3.8, 4) is 56.3 Å². The highest BCUT2D eigenvalue weighted by molar-refractivity contribution is 6.16. The van der Waals surface area contributed by atoms with E-state index in [1.165, 1.54) is 0 Å². The molecule has 0 aliphatic heterocycles. The molecule has 0 spiro atoms. The zero-order chi connectivity index (χ0) is 33.0. The SMILES string of the molecule is c1ccc(-c2cc(-c3ccc(-c4ccccn4)cc3)nc(-c3ccc(-c4ccc5oc6ccccc6c5c4)c4oc5ccccc5c34)n2)cc1. The van der Waals surface area contributed by atoms with E-state index in [9.17, 15) is 0 Å². The Hall–Kier alpha value is -6.85. The lowest BCUT2D eigenvalue weighted by molar-refractivity contribution is 0.668. The summed E-state index contributed by atoms with van der Waals surface area (Å²) >= 11 is 0. The van der Waals surface area contributed by atoms with Gasteiger partial charge in [0.05, 0.1) is 17.1 Å². The molecule has 0 saturated heterocycles. The van der Waals surface area contributed by atoms with Crippen LogP contribution in [0.2, 0.25) is 0 Å². The summed E-state index contributed by atoms with van der Waals surface area (Å²) in [6.07, 6.45) is 1.81. The van der Waals surface area contributed by atoms with Gasteiger partial charge in [0.2, 0.25) is 0 Å². The van der Waals surface area contributed by atoms with Gasteiger partial charge in [-0.15, -0.1) is 0 Å². The first kappa shape index (κ1) is 28.2. The standard InChI is InChI=1S/C45H27N3O2/c1-2-10-28(11-3-1)38-27-39(30-19-17-29(18-20-30)37-14-8-9-25-46-37)48-45(47-38)35-23-22-32(44-43(35)34-13-5-7-16-41(34)50-44)31-21-24-42-36(26-31)33-12-4-6-15-40(33)49-42/h1-27H. The molecule has 0 bridgehead atoms. The van der Waals surface area contributed by atoms with Crippen LogP contribution in [-0.2, 0) is 0 Å². The lowest BCUT2D eigenvalue weighted by atomic mass is 9.96. The number of hydrogen-bond acceptors (Lipinski definition) is 5. The van der Waals surface area contributed by atoms with Crippen LogP contribution in [0.5, 0.6) is 0 Å². The lowest BCUT2D eigenvalue weighted by Crippen LogP contribution is -1.97. The van der Waals surface area contributed by atoms with Gasteiger partial charge in [0.15, 0.2) is 5.82 Å². The number of pyridine rings is 1. The van der Waals surface area contributed by atoms with Crippen LogP contribution in [0.4, 0.5) is 0 Å². The van der Waals surface area contributed by atoms with Crippen molar-refractivity contribution in [1.29, 1.82) is 0 Å². The fraction of sp³-hybridized carbons (Fsp3) is 0. The molecule has 0 aliphatic carbocycles. The Bertz CT molecular complexity index is 2850. The molecule has 4 aromatic heterocycles. The van der Waals surface area contributed by atoms with E-state index < -0.39 is 0 Å². The molecular weight excluding hydrogens is 615 g/mol. The van der Waals surface area contributed by atoms with E-state index in [0.717, 1.165) is 94.3 Å². The van der Waals surface area contributed by atoms with Crippen LogP contribution in [0.3, 0.4) is 0 Å². The van der Waals surface area contributed by atoms with E-state index in [2.05, 4.69) is 83.8 Å². The smallest absolute Gasteiger partial charge is 0.161 e. The predicted octanol–water partition coefficient (Wildman–Crippen LogP) is 12.0. The van der Waals surface area contributed by atoms with Crippen molar-refractivity contribution >= 4 is 43.9 Å². The van der Waals surface area contributed by atoms with Crippen molar-refractivity contribution in [2.75, 3.05) is 0 Å². The Labute approximate surface area is 287 Å². The van der Waals surface area contributed by atoms with Crippen LogP contribution < -0.4 is 0 Å². The topological polar surface area (TPSA) is 65.0 Å². The van der Waals surface area contributed by atoms with E-state index in [1.807, 2.05) is 85.1 Å². The first-order valence-corrected chi connectivity index (χ1v) is 16.6. The number of para-hydroxylation sites is 2. The van der Waals surface area contributed by atoms with Gasteiger partial charge in [-0.3, -0.25) is 4.98 Å². The van der Waals surface area contributed by atoms with E-state index in [4.69, 9.17) is 18.8 Å². The summed E-state index contributed by atoms with van der Waals surface area (Å²) in [5.74, 6) is 0.634. The predicted molar refractivity (Wildman–Crippen MR) is 202 cm³/mol. The number of furan rings is 2. The summed E-state index contributed by atoms with van der Waals surface area (Å²) < 4.78 is 12.8. The Kier molecular flexibility index (Phi) is 6.42. The molecule has 234 valence electrons. The van der Waals surface area contributed by atoms with Crippen molar-refractivity contribution in [3.05, 3.63) is 164 Å². The largest absolute Gasteiger partial charge is 0.456 e. The maximum absolute atomic E-state index is 6.68. The molecule has 10 aromatic rings. The average molecular weight is 642 g/mol. The van der Waals surface area contributed by atoms with Crippen molar-refractivity contribution < 1.29 is 8.83 Å². The van der Waals surface area contributed by atoms with Crippen LogP contribution in [0.15, 0.2) is 173 Å². The molecule has 10 rings (SSSR count). The third kappa shape index (κ3) is 4.67. The molecular formula is C45H27N3O2. The van der Waals surface area contributed by atoms with Gasteiger partial charge in [0.1, 0.15) is 22.3 Å². The summed E-state index contributed by atoms with van der Waals surface area (Å²) in [5.41, 5.74) is 12.0. The molecule has 0 saturated carbocycles. The molecule has 0 atom stereocenters. The minimum Gasteiger partial charge on any atom is -0.456 e. The number of rotatable bonds is 5. The number of fused-ring (bicyclic) bond motifs is 6. The molecule has 0 fully saturated rings. The molecule has 50 heavy (non-hydrogen) atoms. The molecule has 0 N–H and O–H groups in total. The van der Waals surface area contributed by atoms with Gasteiger partial charge < -0.3 is 8.83 Å². The fourth-order valence-corrected chi connectivity index (χ4v) is 6.95. The zero-order valence-corrected chi connectivity index (χ0v) is 26.7. The van der Waals surface area contributed by atoms with E-state index >= 15 is 0 Å².